The highest BCUT2D eigenvalue weighted by atomic mass is 35.5. The van der Waals surface area contributed by atoms with E-state index in [1.165, 1.54) is 61.6 Å². The molecule has 1 heteroatoms. The van der Waals surface area contributed by atoms with Crippen LogP contribution in [-0.2, 0) is 0 Å². The highest BCUT2D eigenvalue weighted by Crippen LogP contribution is 2.47. The molecule has 4 unspecified atom stereocenters. The van der Waals surface area contributed by atoms with Crippen LogP contribution in [0.25, 0.3) is 0 Å². The molecule has 2 fully saturated rings. The fourth-order valence-corrected chi connectivity index (χ4v) is 4.75. The third-order valence-corrected chi connectivity index (χ3v) is 6.45. The van der Waals surface area contributed by atoms with Gasteiger partial charge in [0.1, 0.15) is 0 Å². The maximum Gasteiger partial charge on any atom is 0.0613 e. The summed E-state index contributed by atoms with van der Waals surface area (Å²) in [6.07, 6.45) is 9.97. The second-order valence-electron chi connectivity index (χ2n) is 7.12. The molecular weight excluding hydrogens is 264 g/mol. The summed E-state index contributed by atoms with van der Waals surface area (Å²) in [4.78, 5) is 0. The van der Waals surface area contributed by atoms with Crippen LogP contribution in [0.1, 0.15) is 67.0 Å². The van der Waals surface area contributed by atoms with Crippen molar-refractivity contribution in [2.75, 3.05) is 0 Å². The lowest BCUT2D eigenvalue weighted by Crippen LogP contribution is -2.29. The largest absolute Gasteiger partial charge is 0.118 e. The van der Waals surface area contributed by atoms with E-state index in [0.29, 0.717) is 5.92 Å². The first kappa shape index (κ1) is 14.4. The molecular formula is C19H27Cl. The first-order valence-corrected chi connectivity index (χ1v) is 8.80. The Hall–Kier alpha value is -0.490. The van der Waals surface area contributed by atoms with Gasteiger partial charge >= 0.3 is 0 Å². The van der Waals surface area contributed by atoms with Gasteiger partial charge in [0.15, 0.2) is 0 Å². The van der Waals surface area contributed by atoms with Crippen LogP contribution in [0.5, 0.6) is 0 Å². The number of rotatable bonds is 2. The van der Waals surface area contributed by atoms with Crippen molar-refractivity contribution in [1.82, 2.24) is 0 Å². The van der Waals surface area contributed by atoms with E-state index in [1.54, 1.807) is 0 Å². The molecule has 0 spiro atoms. The standard InChI is InChI=1S/C19H27Cl/c1-13-7-8-17(11-14(13)2)19(20)18-10-9-15-5-3-4-6-16(15)12-18/h7-8,11,15-16,18-19H,3-6,9-10,12H2,1-2H3. The van der Waals surface area contributed by atoms with Crippen molar-refractivity contribution in [1.29, 1.82) is 0 Å². The van der Waals surface area contributed by atoms with Gasteiger partial charge in [0.2, 0.25) is 0 Å². The molecule has 4 atom stereocenters. The van der Waals surface area contributed by atoms with Crippen molar-refractivity contribution in [2.45, 2.75) is 64.2 Å². The third kappa shape index (κ3) is 2.91. The van der Waals surface area contributed by atoms with Crippen LogP contribution in [-0.4, -0.2) is 0 Å². The Bertz CT molecular complexity index is 465. The monoisotopic (exact) mass is 290 g/mol. The maximum atomic E-state index is 6.84. The average Bonchev–Trinajstić information content (AvgIpc) is 2.49. The lowest BCUT2D eigenvalue weighted by atomic mass is 9.66. The molecule has 0 nitrogen and oxygen atoms in total. The lowest BCUT2D eigenvalue weighted by Gasteiger charge is -2.40. The normalized spacial score (nSPS) is 31.6. The Kier molecular flexibility index (Phi) is 4.40. The predicted molar refractivity (Wildman–Crippen MR) is 87.3 cm³/mol. The van der Waals surface area contributed by atoms with E-state index >= 15 is 0 Å². The molecule has 2 aliphatic rings. The van der Waals surface area contributed by atoms with Crippen LogP contribution in [0.4, 0.5) is 0 Å². The molecule has 20 heavy (non-hydrogen) atoms. The summed E-state index contributed by atoms with van der Waals surface area (Å²) < 4.78 is 0. The number of alkyl halides is 1. The van der Waals surface area contributed by atoms with Gasteiger partial charge in [-0.2, -0.15) is 0 Å². The lowest BCUT2D eigenvalue weighted by molar-refractivity contribution is 0.127. The van der Waals surface area contributed by atoms with Crippen molar-refractivity contribution in [3.63, 3.8) is 0 Å². The van der Waals surface area contributed by atoms with Gasteiger partial charge in [0, 0.05) is 0 Å². The van der Waals surface area contributed by atoms with Gasteiger partial charge in [-0.3, -0.25) is 0 Å². The van der Waals surface area contributed by atoms with Crippen molar-refractivity contribution in [3.05, 3.63) is 34.9 Å². The van der Waals surface area contributed by atoms with Crippen LogP contribution in [0.2, 0.25) is 0 Å². The summed E-state index contributed by atoms with van der Waals surface area (Å²) in [7, 11) is 0. The summed E-state index contributed by atoms with van der Waals surface area (Å²) in [5.74, 6) is 2.68. The van der Waals surface area contributed by atoms with Crippen molar-refractivity contribution in [3.8, 4) is 0 Å². The molecule has 0 aromatic heterocycles. The van der Waals surface area contributed by atoms with Gasteiger partial charge in [-0.1, -0.05) is 43.9 Å². The summed E-state index contributed by atoms with van der Waals surface area (Å²) in [6, 6.07) is 6.78. The summed E-state index contributed by atoms with van der Waals surface area (Å²) >= 11 is 6.84. The van der Waals surface area contributed by atoms with Gasteiger partial charge in [0.05, 0.1) is 5.38 Å². The van der Waals surface area contributed by atoms with Gasteiger partial charge < -0.3 is 0 Å². The van der Waals surface area contributed by atoms with Crippen LogP contribution in [0, 0.1) is 31.6 Å². The molecule has 3 rings (SSSR count). The van der Waals surface area contributed by atoms with E-state index in [-0.39, 0.29) is 5.38 Å². The number of fused-ring (bicyclic) bond motifs is 1. The van der Waals surface area contributed by atoms with E-state index in [0.717, 1.165) is 11.8 Å². The number of aryl methyl sites for hydroxylation is 2. The molecule has 2 aliphatic carbocycles. The zero-order valence-electron chi connectivity index (χ0n) is 12.9. The van der Waals surface area contributed by atoms with Gasteiger partial charge in [-0.05, 0) is 67.6 Å². The zero-order valence-corrected chi connectivity index (χ0v) is 13.6. The Labute approximate surface area is 128 Å². The van der Waals surface area contributed by atoms with Crippen LogP contribution in [0.3, 0.4) is 0 Å². The summed E-state index contributed by atoms with van der Waals surface area (Å²) in [6.45, 7) is 4.37. The minimum absolute atomic E-state index is 0.220. The topological polar surface area (TPSA) is 0 Å². The van der Waals surface area contributed by atoms with Gasteiger partial charge in [-0.25, -0.2) is 0 Å². The molecule has 0 saturated heterocycles. The number of hydrogen-bond donors (Lipinski definition) is 0. The van der Waals surface area contributed by atoms with Crippen LogP contribution >= 0.6 is 11.6 Å². The quantitative estimate of drug-likeness (QED) is 0.570. The smallest absolute Gasteiger partial charge is 0.0613 e. The molecule has 1 aromatic rings. The molecule has 0 N–H and O–H groups in total. The summed E-state index contributed by atoms with van der Waals surface area (Å²) in [5.41, 5.74) is 4.09. The Morgan fingerprint density at radius 1 is 0.950 bits per heavy atom. The molecule has 2 saturated carbocycles. The third-order valence-electron chi connectivity index (χ3n) is 5.84. The number of hydrogen-bond acceptors (Lipinski definition) is 0. The first-order valence-electron chi connectivity index (χ1n) is 8.36. The fraction of sp³-hybridized carbons (Fsp3) is 0.684. The molecule has 0 aliphatic heterocycles. The van der Waals surface area contributed by atoms with Gasteiger partial charge in [0.25, 0.3) is 0 Å². The second-order valence-corrected chi connectivity index (χ2v) is 7.59. The Morgan fingerprint density at radius 2 is 1.70 bits per heavy atom. The minimum atomic E-state index is 0.220. The van der Waals surface area contributed by atoms with Crippen molar-refractivity contribution < 1.29 is 0 Å². The number of halogens is 1. The number of benzene rings is 1. The van der Waals surface area contributed by atoms with Crippen LogP contribution < -0.4 is 0 Å². The Balaban J connectivity index is 1.70. The van der Waals surface area contributed by atoms with Crippen LogP contribution in [0.15, 0.2) is 18.2 Å². The molecule has 0 amide bonds. The fourth-order valence-electron chi connectivity index (χ4n) is 4.38. The maximum absolute atomic E-state index is 6.84. The highest BCUT2D eigenvalue weighted by Gasteiger charge is 2.35. The van der Waals surface area contributed by atoms with Crippen molar-refractivity contribution >= 4 is 11.6 Å². The highest BCUT2D eigenvalue weighted by molar-refractivity contribution is 6.21. The molecule has 1 aromatic carbocycles. The minimum Gasteiger partial charge on any atom is -0.118 e. The predicted octanol–water partition coefficient (Wildman–Crippen LogP) is 6.19. The van der Waals surface area contributed by atoms with E-state index in [4.69, 9.17) is 11.6 Å². The molecule has 0 radical (unpaired) electrons. The SMILES string of the molecule is Cc1ccc(C(Cl)C2CCC3CCCCC3C2)cc1C. The van der Waals surface area contributed by atoms with Gasteiger partial charge in [-0.15, -0.1) is 11.6 Å². The van der Waals surface area contributed by atoms with E-state index < -0.39 is 0 Å². The zero-order chi connectivity index (χ0) is 14.1. The average molecular weight is 291 g/mol. The van der Waals surface area contributed by atoms with E-state index in [2.05, 4.69) is 32.0 Å². The Morgan fingerprint density at radius 3 is 2.45 bits per heavy atom. The molecule has 0 heterocycles. The van der Waals surface area contributed by atoms with E-state index in [9.17, 15) is 0 Å². The first-order chi connectivity index (χ1) is 9.65. The molecule has 110 valence electrons. The summed E-state index contributed by atoms with van der Waals surface area (Å²) in [5, 5.41) is 0.220. The second kappa shape index (κ2) is 6.10. The molecule has 0 bridgehead atoms. The van der Waals surface area contributed by atoms with E-state index in [1.807, 2.05) is 0 Å². The van der Waals surface area contributed by atoms with Crippen molar-refractivity contribution in [2.24, 2.45) is 17.8 Å².